The third-order valence-electron chi connectivity index (χ3n) is 3.73. The quantitative estimate of drug-likeness (QED) is 0.571. The zero-order valence-electron chi connectivity index (χ0n) is 12.9. The molecule has 4 nitrogen and oxygen atoms in total. The van der Waals surface area contributed by atoms with E-state index in [9.17, 15) is 9.59 Å². The van der Waals surface area contributed by atoms with Gasteiger partial charge in [-0.1, -0.05) is 18.2 Å². The van der Waals surface area contributed by atoms with Gasteiger partial charge < -0.3 is 11.5 Å². The molecule has 4 N–H and O–H groups in total. The van der Waals surface area contributed by atoms with Crippen molar-refractivity contribution in [1.29, 1.82) is 0 Å². The molecule has 0 aliphatic carbocycles. The normalized spacial score (nSPS) is 10.3. The van der Waals surface area contributed by atoms with E-state index in [-0.39, 0.29) is 11.6 Å². The summed E-state index contributed by atoms with van der Waals surface area (Å²) in [5.74, 6) is -0.302. The lowest BCUT2D eigenvalue weighted by atomic mass is 9.97. The molecule has 0 aromatic heterocycles. The molecule has 4 heteroatoms. The van der Waals surface area contributed by atoms with Crippen molar-refractivity contribution in [3.8, 4) is 0 Å². The summed E-state index contributed by atoms with van der Waals surface area (Å²) in [6, 6.07) is 20.1. The minimum Gasteiger partial charge on any atom is -0.399 e. The number of benzene rings is 3. The first-order valence-corrected chi connectivity index (χ1v) is 7.45. The minimum atomic E-state index is -0.151. The molecule has 3 aromatic carbocycles. The van der Waals surface area contributed by atoms with E-state index < -0.39 is 0 Å². The second-order valence-corrected chi connectivity index (χ2v) is 5.48. The molecule has 0 unspecified atom stereocenters. The van der Waals surface area contributed by atoms with Gasteiger partial charge in [0, 0.05) is 33.6 Å². The highest BCUT2D eigenvalue weighted by Gasteiger charge is 2.13. The van der Waals surface area contributed by atoms with Crippen LogP contribution in [0.2, 0.25) is 0 Å². The van der Waals surface area contributed by atoms with Crippen molar-refractivity contribution in [2.24, 2.45) is 0 Å². The predicted octanol–water partition coefficient (Wildman–Crippen LogP) is 3.31. The van der Waals surface area contributed by atoms with E-state index in [4.69, 9.17) is 11.5 Å². The number of ketones is 2. The van der Waals surface area contributed by atoms with Crippen LogP contribution in [0.1, 0.15) is 31.8 Å². The van der Waals surface area contributed by atoms with Crippen molar-refractivity contribution >= 4 is 22.9 Å². The van der Waals surface area contributed by atoms with Crippen molar-refractivity contribution in [1.82, 2.24) is 0 Å². The molecule has 0 amide bonds. The Morgan fingerprint density at radius 2 is 0.917 bits per heavy atom. The number of hydrogen-bond acceptors (Lipinski definition) is 4. The molecule has 3 aromatic rings. The maximum absolute atomic E-state index is 12.5. The van der Waals surface area contributed by atoms with Gasteiger partial charge in [-0.15, -0.1) is 0 Å². The van der Waals surface area contributed by atoms with Gasteiger partial charge in [-0.25, -0.2) is 0 Å². The highest BCUT2D eigenvalue weighted by Crippen LogP contribution is 2.17. The second-order valence-electron chi connectivity index (χ2n) is 5.48. The number of rotatable bonds is 4. The van der Waals surface area contributed by atoms with Crippen LogP contribution in [0.3, 0.4) is 0 Å². The fourth-order valence-electron chi connectivity index (χ4n) is 2.40. The standard InChI is InChI=1S/C20H16N2O2/c21-17-8-4-13(5-9-17)19(23)15-2-1-3-16(12-15)20(24)14-6-10-18(22)11-7-14/h1-12H,21-22H2. The van der Waals surface area contributed by atoms with Gasteiger partial charge >= 0.3 is 0 Å². The van der Waals surface area contributed by atoms with Crippen LogP contribution in [-0.2, 0) is 0 Å². The molecular formula is C20H16N2O2. The first kappa shape index (κ1) is 15.5. The summed E-state index contributed by atoms with van der Waals surface area (Å²) in [7, 11) is 0. The van der Waals surface area contributed by atoms with Crippen LogP contribution in [0.4, 0.5) is 11.4 Å². The summed E-state index contributed by atoms with van der Waals surface area (Å²) in [4.78, 5) is 25.1. The molecule has 0 saturated carbocycles. The highest BCUT2D eigenvalue weighted by molar-refractivity contribution is 6.13. The lowest BCUT2D eigenvalue weighted by molar-refractivity contribution is 0.103. The molecule has 0 heterocycles. The van der Waals surface area contributed by atoms with E-state index in [2.05, 4.69) is 0 Å². The molecule has 0 aliphatic heterocycles. The Morgan fingerprint density at radius 1 is 0.542 bits per heavy atom. The maximum Gasteiger partial charge on any atom is 0.193 e. The van der Waals surface area contributed by atoms with E-state index in [1.54, 1.807) is 72.8 Å². The van der Waals surface area contributed by atoms with E-state index in [1.165, 1.54) is 0 Å². The van der Waals surface area contributed by atoms with Gasteiger partial charge in [0.15, 0.2) is 11.6 Å². The van der Waals surface area contributed by atoms with Gasteiger partial charge in [0.1, 0.15) is 0 Å². The molecule has 118 valence electrons. The third kappa shape index (κ3) is 3.17. The maximum atomic E-state index is 12.5. The van der Waals surface area contributed by atoms with Crippen LogP contribution in [-0.4, -0.2) is 11.6 Å². The van der Waals surface area contributed by atoms with Gasteiger partial charge in [-0.2, -0.15) is 0 Å². The Labute approximate surface area is 139 Å². The average Bonchev–Trinajstić information content (AvgIpc) is 2.62. The smallest absolute Gasteiger partial charge is 0.193 e. The molecule has 0 bridgehead atoms. The molecule has 0 radical (unpaired) electrons. The number of carbonyl (C=O) groups excluding carboxylic acids is 2. The molecule has 0 fully saturated rings. The highest BCUT2D eigenvalue weighted by atomic mass is 16.1. The van der Waals surface area contributed by atoms with E-state index in [1.807, 2.05) is 0 Å². The van der Waals surface area contributed by atoms with Gasteiger partial charge in [-0.05, 0) is 54.6 Å². The Hall–Kier alpha value is -3.40. The summed E-state index contributed by atoms with van der Waals surface area (Å²) in [5.41, 5.74) is 14.4. The van der Waals surface area contributed by atoms with E-state index in [0.717, 1.165) is 0 Å². The lowest BCUT2D eigenvalue weighted by Gasteiger charge is -2.06. The summed E-state index contributed by atoms with van der Waals surface area (Å²) < 4.78 is 0. The zero-order valence-corrected chi connectivity index (χ0v) is 12.9. The Kier molecular flexibility index (Phi) is 4.12. The minimum absolute atomic E-state index is 0.151. The first-order chi connectivity index (χ1) is 11.5. The van der Waals surface area contributed by atoms with Crippen molar-refractivity contribution in [2.45, 2.75) is 0 Å². The molecular weight excluding hydrogens is 300 g/mol. The van der Waals surface area contributed by atoms with E-state index in [0.29, 0.717) is 33.6 Å². The van der Waals surface area contributed by atoms with Crippen LogP contribution >= 0.6 is 0 Å². The van der Waals surface area contributed by atoms with Gasteiger partial charge in [0.05, 0.1) is 0 Å². The number of anilines is 2. The Balaban J connectivity index is 1.91. The van der Waals surface area contributed by atoms with Crippen molar-refractivity contribution < 1.29 is 9.59 Å². The Bertz CT molecular complexity index is 825. The molecule has 0 spiro atoms. The summed E-state index contributed by atoms with van der Waals surface area (Å²) >= 11 is 0. The van der Waals surface area contributed by atoms with Gasteiger partial charge in [-0.3, -0.25) is 9.59 Å². The molecule has 24 heavy (non-hydrogen) atoms. The first-order valence-electron chi connectivity index (χ1n) is 7.45. The predicted molar refractivity (Wildman–Crippen MR) is 95.0 cm³/mol. The summed E-state index contributed by atoms with van der Waals surface area (Å²) in [5, 5.41) is 0. The Morgan fingerprint density at radius 3 is 1.29 bits per heavy atom. The SMILES string of the molecule is Nc1ccc(C(=O)c2cccc(C(=O)c3ccc(N)cc3)c2)cc1. The molecule has 0 aliphatic rings. The van der Waals surface area contributed by atoms with Gasteiger partial charge in [0.25, 0.3) is 0 Å². The number of hydrogen-bond donors (Lipinski definition) is 2. The summed E-state index contributed by atoms with van der Waals surface area (Å²) in [6.07, 6.45) is 0. The molecule has 3 rings (SSSR count). The lowest BCUT2D eigenvalue weighted by Crippen LogP contribution is -2.06. The number of nitrogens with two attached hydrogens (primary N) is 2. The van der Waals surface area contributed by atoms with Gasteiger partial charge in [0.2, 0.25) is 0 Å². The number of nitrogen functional groups attached to an aromatic ring is 2. The third-order valence-corrected chi connectivity index (χ3v) is 3.73. The fraction of sp³-hybridized carbons (Fsp3) is 0. The average molecular weight is 316 g/mol. The largest absolute Gasteiger partial charge is 0.399 e. The zero-order chi connectivity index (χ0) is 17.1. The van der Waals surface area contributed by atoms with Crippen LogP contribution < -0.4 is 11.5 Å². The number of carbonyl (C=O) groups is 2. The molecule has 0 atom stereocenters. The second kappa shape index (κ2) is 6.38. The molecule has 0 saturated heterocycles. The van der Waals surface area contributed by atoms with Crippen molar-refractivity contribution in [3.05, 3.63) is 95.1 Å². The monoisotopic (exact) mass is 316 g/mol. The fourth-order valence-corrected chi connectivity index (χ4v) is 2.40. The van der Waals surface area contributed by atoms with Crippen molar-refractivity contribution in [3.63, 3.8) is 0 Å². The van der Waals surface area contributed by atoms with E-state index >= 15 is 0 Å². The van der Waals surface area contributed by atoms with Crippen LogP contribution in [0.15, 0.2) is 72.8 Å². The van der Waals surface area contributed by atoms with Crippen LogP contribution in [0, 0.1) is 0 Å². The van der Waals surface area contributed by atoms with Crippen LogP contribution in [0.5, 0.6) is 0 Å². The van der Waals surface area contributed by atoms with Crippen molar-refractivity contribution in [2.75, 3.05) is 11.5 Å². The summed E-state index contributed by atoms with van der Waals surface area (Å²) in [6.45, 7) is 0. The van der Waals surface area contributed by atoms with Crippen LogP contribution in [0.25, 0.3) is 0 Å². The topological polar surface area (TPSA) is 86.2 Å².